The smallest absolute Gasteiger partial charge is 0.226 e. The molecule has 0 bridgehead atoms. The largest absolute Gasteiger partial charge is 0.383 e. The van der Waals surface area contributed by atoms with Crippen LogP contribution in [-0.4, -0.2) is 12.5 Å². The SMILES string of the molecule is Cc1cc(C)c(NCCC(=O)Nc2ccc(F)cc2)c(Cl)c1. The summed E-state index contributed by atoms with van der Waals surface area (Å²) in [5.74, 6) is -0.468. The average molecular weight is 321 g/mol. The van der Waals surface area contributed by atoms with Gasteiger partial charge >= 0.3 is 0 Å². The van der Waals surface area contributed by atoms with Crippen LogP contribution in [0.15, 0.2) is 36.4 Å². The lowest BCUT2D eigenvalue weighted by molar-refractivity contribution is -0.115. The van der Waals surface area contributed by atoms with Crippen molar-refractivity contribution in [3.63, 3.8) is 0 Å². The zero-order chi connectivity index (χ0) is 16.1. The minimum absolute atomic E-state index is 0.139. The van der Waals surface area contributed by atoms with Gasteiger partial charge in [0.25, 0.3) is 0 Å². The lowest BCUT2D eigenvalue weighted by Gasteiger charge is -2.12. The van der Waals surface area contributed by atoms with Crippen molar-refractivity contribution < 1.29 is 9.18 Å². The second-order valence-electron chi connectivity index (χ2n) is 5.17. The molecule has 0 radical (unpaired) electrons. The van der Waals surface area contributed by atoms with Gasteiger partial charge in [-0.1, -0.05) is 17.7 Å². The maximum absolute atomic E-state index is 12.8. The Bertz CT molecular complexity index is 648. The Hall–Kier alpha value is -2.07. The second-order valence-corrected chi connectivity index (χ2v) is 5.58. The number of amides is 1. The predicted octanol–water partition coefficient (Wildman–Crippen LogP) is 4.54. The molecule has 3 nitrogen and oxygen atoms in total. The summed E-state index contributed by atoms with van der Waals surface area (Å²) in [6, 6.07) is 9.60. The third kappa shape index (κ3) is 4.46. The molecule has 0 saturated heterocycles. The molecule has 0 saturated carbocycles. The molecule has 0 fully saturated rings. The van der Waals surface area contributed by atoms with Gasteiger partial charge < -0.3 is 10.6 Å². The lowest BCUT2D eigenvalue weighted by atomic mass is 10.1. The standard InChI is InChI=1S/C17H18ClFN2O/c1-11-9-12(2)17(15(18)10-11)20-8-7-16(22)21-14-5-3-13(19)4-6-14/h3-6,9-10,20H,7-8H2,1-2H3,(H,21,22). The second kappa shape index (κ2) is 7.27. The molecular weight excluding hydrogens is 303 g/mol. The van der Waals surface area contributed by atoms with Crippen LogP contribution in [0.2, 0.25) is 5.02 Å². The first kappa shape index (κ1) is 16.3. The molecule has 2 N–H and O–H groups in total. The lowest BCUT2D eigenvalue weighted by Crippen LogP contribution is -2.16. The fourth-order valence-corrected chi connectivity index (χ4v) is 2.59. The van der Waals surface area contributed by atoms with Crippen molar-refractivity contribution in [1.82, 2.24) is 0 Å². The zero-order valence-corrected chi connectivity index (χ0v) is 13.3. The number of rotatable bonds is 5. The number of carbonyl (C=O) groups excluding carboxylic acids is 1. The fraction of sp³-hybridized carbons (Fsp3) is 0.235. The van der Waals surface area contributed by atoms with Crippen molar-refractivity contribution in [1.29, 1.82) is 0 Å². The molecule has 0 aliphatic heterocycles. The Labute approximate surface area is 134 Å². The van der Waals surface area contributed by atoms with Crippen LogP contribution in [0.1, 0.15) is 17.5 Å². The van der Waals surface area contributed by atoms with Gasteiger partial charge in [0.2, 0.25) is 5.91 Å². The molecule has 0 atom stereocenters. The predicted molar refractivity (Wildman–Crippen MR) is 89.1 cm³/mol. The van der Waals surface area contributed by atoms with Crippen molar-refractivity contribution >= 4 is 28.9 Å². The average Bonchev–Trinajstić information content (AvgIpc) is 2.44. The van der Waals surface area contributed by atoms with E-state index in [2.05, 4.69) is 10.6 Å². The summed E-state index contributed by atoms with van der Waals surface area (Å²) in [6.07, 6.45) is 0.293. The van der Waals surface area contributed by atoms with Crippen molar-refractivity contribution in [3.8, 4) is 0 Å². The molecule has 1 amide bonds. The first-order chi connectivity index (χ1) is 10.5. The first-order valence-corrected chi connectivity index (χ1v) is 7.39. The van der Waals surface area contributed by atoms with E-state index < -0.39 is 0 Å². The summed E-state index contributed by atoms with van der Waals surface area (Å²) in [7, 11) is 0. The van der Waals surface area contributed by atoms with Crippen molar-refractivity contribution in [2.75, 3.05) is 17.2 Å². The molecule has 22 heavy (non-hydrogen) atoms. The Kier molecular flexibility index (Phi) is 5.39. The summed E-state index contributed by atoms with van der Waals surface area (Å²) in [5.41, 5.74) is 3.57. The molecule has 0 aromatic heterocycles. The minimum Gasteiger partial charge on any atom is -0.383 e. The van der Waals surface area contributed by atoms with Gasteiger partial charge in [0.1, 0.15) is 5.82 Å². The highest BCUT2D eigenvalue weighted by Crippen LogP contribution is 2.27. The van der Waals surface area contributed by atoms with Gasteiger partial charge in [0, 0.05) is 18.7 Å². The first-order valence-electron chi connectivity index (χ1n) is 7.02. The van der Waals surface area contributed by atoms with Gasteiger partial charge in [-0.3, -0.25) is 4.79 Å². The molecule has 0 unspecified atom stereocenters. The molecule has 0 spiro atoms. The third-order valence-corrected chi connectivity index (χ3v) is 3.51. The molecule has 0 heterocycles. The molecule has 5 heteroatoms. The van der Waals surface area contributed by atoms with E-state index in [0.29, 0.717) is 23.7 Å². The number of benzene rings is 2. The maximum Gasteiger partial charge on any atom is 0.226 e. The van der Waals surface area contributed by atoms with Crippen molar-refractivity contribution in [2.45, 2.75) is 20.3 Å². The van der Waals surface area contributed by atoms with Crippen LogP contribution in [-0.2, 0) is 4.79 Å². The van der Waals surface area contributed by atoms with E-state index >= 15 is 0 Å². The van der Waals surface area contributed by atoms with Crippen LogP contribution in [0.25, 0.3) is 0 Å². The Morgan fingerprint density at radius 1 is 1.18 bits per heavy atom. The van der Waals surface area contributed by atoms with E-state index in [1.165, 1.54) is 24.3 Å². The number of hydrogen-bond acceptors (Lipinski definition) is 2. The monoisotopic (exact) mass is 320 g/mol. The van der Waals surface area contributed by atoms with Gasteiger partial charge in [-0.05, 0) is 55.3 Å². The maximum atomic E-state index is 12.8. The van der Waals surface area contributed by atoms with Gasteiger partial charge in [-0.15, -0.1) is 0 Å². The van der Waals surface area contributed by atoms with E-state index in [1.54, 1.807) is 0 Å². The number of aryl methyl sites for hydroxylation is 2. The number of hydrogen-bond donors (Lipinski definition) is 2. The van der Waals surface area contributed by atoms with E-state index in [0.717, 1.165) is 16.8 Å². The van der Waals surface area contributed by atoms with E-state index in [1.807, 2.05) is 26.0 Å². The van der Waals surface area contributed by atoms with Gasteiger partial charge in [0.15, 0.2) is 0 Å². The summed E-state index contributed by atoms with van der Waals surface area (Å²) in [4.78, 5) is 11.8. The third-order valence-electron chi connectivity index (χ3n) is 3.21. The Balaban J connectivity index is 1.86. The molecule has 2 aromatic carbocycles. The molecule has 2 aromatic rings. The minimum atomic E-state index is -0.329. The van der Waals surface area contributed by atoms with Gasteiger partial charge in [-0.25, -0.2) is 4.39 Å². The van der Waals surface area contributed by atoms with Gasteiger partial charge in [0.05, 0.1) is 10.7 Å². The molecule has 0 aliphatic rings. The number of halogens is 2. The normalized spacial score (nSPS) is 10.4. The van der Waals surface area contributed by atoms with E-state index in [-0.39, 0.29) is 11.7 Å². The van der Waals surface area contributed by atoms with Crippen LogP contribution >= 0.6 is 11.6 Å². The van der Waals surface area contributed by atoms with Crippen molar-refractivity contribution in [2.24, 2.45) is 0 Å². The quantitative estimate of drug-likeness (QED) is 0.849. The highest BCUT2D eigenvalue weighted by atomic mass is 35.5. The topological polar surface area (TPSA) is 41.1 Å². The van der Waals surface area contributed by atoms with Crippen LogP contribution in [0, 0.1) is 19.7 Å². The number of anilines is 2. The highest BCUT2D eigenvalue weighted by molar-refractivity contribution is 6.33. The summed E-state index contributed by atoms with van der Waals surface area (Å²) in [5, 5.41) is 6.55. The van der Waals surface area contributed by atoms with Crippen LogP contribution < -0.4 is 10.6 Å². The Morgan fingerprint density at radius 2 is 1.86 bits per heavy atom. The molecule has 2 rings (SSSR count). The summed E-state index contributed by atoms with van der Waals surface area (Å²) >= 11 is 6.20. The van der Waals surface area contributed by atoms with Crippen LogP contribution in [0.4, 0.5) is 15.8 Å². The zero-order valence-electron chi connectivity index (χ0n) is 12.5. The molecule has 116 valence electrons. The number of nitrogens with one attached hydrogen (secondary N) is 2. The van der Waals surface area contributed by atoms with Crippen LogP contribution in [0.5, 0.6) is 0 Å². The summed E-state index contributed by atoms with van der Waals surface area (Å²) in [6.45, 7) is 4.43. The summed E-state index contributed by atoms with van der Waals surface area (Å²) < 4.78 is 12.8. The van der Waals surface area contributed by atoms with Crippen LogP contribution in [0.3, 0.4) is 0 Å². The fourth-order valence-electron chi connectivity index (χ4n) is 2.20. The van der Waals surface area contributed by atoms with E-state index in [4.69, 9.17) is 11.6 Å². The van der Waals surface area contributed by atoms with E-state index in [9.17, 15) is 9.18 Å². The Morgan fingerprint density at radius 3 is 2.50 bits per heavy atom. The van der Waals surface area contributed by atoms with Gasteiger partial charge in [-0.2, -0.15) is 0 Å². The number of carbonyl (C=O) groups is 1. The highest BCUT2D eigenvalue weighted by Gasteiger charge is 2.07. The molecular formula is C17H18ClFN2O. The molecule has 0 aliphatic carbocycles. The van der Waals surface area contributed by atoms with Crippen molar-refractivity contribution in [3.05, 3.63) is 58.4 Å².